The Balaban J connectivity index is 1.49. The molecule has 0 aliphatic carbocycles. The number of rotatable bonds is 7. The molecule has 0 unspecified atom stereocenters. The number of hydrogen-bond donors (Lipinski definition) is 2. The minimum Gasteiger partial charge on any atom is -0.484 e. The van der Waals surface area contributed by atoms with Crippen LogP contribution in [0.25, 0.3) is 21.6 Å². The molecule has 6 nitrogen and oxygen atoms in total. The van der Waals surface area contributed by atoms with E-state index in [-0.39, 0.29) is 6.10 Å². The molecule has 1 aliphatic rings. The van der Waals surface area contributed by atoms with Crippen LogP contribution in [-0.2, 0) is 0 Å². The molecule has 3 N–H and O–H groups in total. The van der Waals surface area contributed by atoms with Crippen molar-refractivity contribution in [2.75, 3.05) is 13.1 Å². The van der Waals surface area contributed by atoms with E-state index < -0.39 is 5.91 Å². The molecule has 5 rings (SSSR count). The lowest BCUT2D eigenvalue weighted by Gasteiger charge is -2.24. The third kappa shape index (κ3) is 4.72. The zero-order chi connectivity index (χ0) is 24.5. The summed E-state index contributed by atoms with van der Waals surface area (Å²) in [7, 11) is 0. The number of ether oxygens (including phenoxy) is 1. The number of allylic oxidation sites excluding steroid dienone is 1. The van der Waals surface area contributed by atoms with Crippen molar-refractivity contribution in [2.45, 2.75) is 25.9 Å². The number of halogens is 1. The highest BCUT2D eigenvalue weighted by Crippen LogP contribution is 2.37. The molecule has 1 amide bonds. The molecule has 0 spiro atoms. The summed E-state index contributed by atoms with van der Waals surface area (Å²) in [4.78, 5) is 17.2. The molecule has 1 saturated heterocycles. The summed E-state index contributed by atoms with van der Waals surface area (Å²) in [6.45, 7) is 8.34. The van der Waals surface area contributed by atoms with Crippen LogP contribution in [0.5, 0.6) is 5.75 Å². The zero-order valence-corrected chi connectivity index (χ0v) is 21.0. The molecule has 2 aromatic carbocycles. The third-order valence-electron chi connectivity index (χ3n) is 6.54. The Hall–Kier alpha value is -3.13. The Morgan fingerprint density at radius 1 is 1.26 bits per heavy atom. The van der Waals surface area contributed by atoms with Crippen molar-refractivity contribution >= 4 is 45.5 Å². The van der Waals surface area contributed by atoms with Crippen molar-refractivity contribution in [1.29, 1.82) is 0 Å². The second kappa shape index (κ2) is 9.85. The maximum Gasteiger partial charge on any atom is 0.262 e. The van der Waals surface area contributed by atoms with Gasteiger partial charge in [-0.15, -0.1) is 11.3 Å². The smallest absolute Gasteiger partial charge is 0.262 e. The summed E-state index contributed by atoms with van der Waals surface area (Å²) in [5.41, 5.74) is 10.6. The van der Waals surface area contributed by atoms with Gasteiger partial charge in [0.15, 0.2) is 0 Å². The molecular formula is C27H27ClN4O2S. The minimum atomic E-state index is -0.535. The molecule has 0 radical (unpaired) electrons. The first-order valence-electron chi connectivity index (χ1n) is 11.6. The molecule has 1 atom stereocenters. The summed E-state index contributed by atoms with van der Waals surface area (Å²) in [6.07, 6.45) is 3.59. The molecule has 2 aromatic heterocycles. The second-order valence-corrected chi connectivity index (χ2v) is 10.2. The van der Waals surface area contributed by atoms with Crippen LogP contribution in [0.1, 0.15) is 46.7 Å². The Kier molecular flexibility index (Phi) is 6.65. The SMILES string of the molecule is C=C(c1ccc2ncn(-c3cc(O[C@H](C)c4ccccc4Cl)c(C(N)=O)s3)c2c1)C1CCNCC1. The van der Waals surface area contributed by atoms with Gasteiger partial charge >= 0.3 is 0 Å². The molecule has 8 heteroatoms. The van der Waals surface area contributed by atoms with Crippen LogP contribution in [-0.4, -0.2) is 28.5 Å². The van der Waals surface area contributed by atoms with Gasteiger partial charge in [-0.05, 0) is 68.1 Å². The van der Waals surface area contributed by atoms with Gasteiger partial charge in [0.1, 0.15) is 28.1 Å². The summed E-state index contributed by atoms with van der Waals surface area (Å²) < 4.78 is 8.15. The van der Waals surface area contributed by atoms with Gasteiger partial charge in [0.05, 0.1) is 11.0 Å². The summed E-state index contributed by atoms with van der Waals surface area (Å²) >= 11 is 7.63. The first-order valence-corrected chi connectivity index (χ1v) is 12.8. The van der Waals surface area contributed by atoms with E-state index in [1.54, 1.807) is 6.33 Å². The van der Waals surface area contributed by atoms with Crippen LogP contribution in [0, 0.1) is 5.92 Å². The quantitative estimate of drug-likeness (QED) is 0.322. The van der Waals surface area contributed by atoms with Crippen molar-refractivity contribution in [2.24, 2.45) is 11.7 Å². The predicted octanol–water partition coefficient (Wildman–Crippen LogP) is 5.99. The van der Waals surface area contributed by atoms with Crippen molar-refractivity contribution in [3.8, 4) is 10.8 Å². The van der Waals surface area contributed by atoms with E-state index in [4.69, 9.17) is 22.1 Å². The average Bonchev–Trinajstić information content (AvgIpc) is 3.48. The molecule has 1 fully saturated rings. The van der Waals surface area contributed by atoms with Crippen molar-refractivity contribution in [1.82, 2.24) is 14.9 Å². The Morgan fingerprint density at radius 2 is 2.03 bits per heavy atom. The van der Waals surface area contributed by atoms with Crippen LogP contribution < -0.4 is 15.8 Å². The zero-order valence-electron chi connectivity index (χ0n) is 19.5. The van der Waals surface area contributed by atoms with Gasteiger partial charge in [0, 0.05) is 16.7 Å². The number of benzene rings is 2. The van der Waals surface area contributed by atoms with Gasteiger partial charge in [0.2, 0.25) is 0 Å². The molecule has 0 saturated carbocycles. The Labute approximate surface area is 213 Å². The number of amides is 1. The van der Waals surface area contributed by atoms with E-state index in [1.165, 1.54) is 11.3 Å². The van der Waals surface area contributed by atoms with E-state index in [0.29, 0.717) is 21.6 Å². The Morgan fingerprint density at radius 3 is 2.77 bits per heavy atom. The van der Waals surface area contributed by atoms with Crippen LogP contribution in [0.3, 0.4) is 0 Å². The number of nitrogens with one attached hydrogen (secondary N) is 1. The monoisotopic (exact) mass is 506 g/mol. The number of nitrogens with two attached hydrogens (primary N) is 1. The number of carbonyl (C=O) groups is 1. The number of hydrogen-bond acceptors (Lipinski definition) is 5. The highest BCUT2D eigenvalue weighted by atomic mass is 35.5. The molecule has 1 aliphatic heterocycles. The van der Waals surface area contributed by atoms with Crippen LogP contribution in [0.15, 0.2) is 61.4 Å². The maximum absolute atomic E-state index is 12.3. The highest BCUT2D eigenvalue weighted by Gasteiger charge is 2.22. The molecule has 35 heavy (non-hydrogen) atoms. The molecular weight excluding hydrogens is 480 g/mol. The number of piperidine rings is 1. The summed E-state index contributed by atoms with van der Waals surface area (Å²) in [5.74, 6) is 0.369. The van der Waals surface area contributed by atoms with Gasteiger partial charge in [-0.25, -0.2) is 4.98 Å². The molecule has 0 bridgehead atoms. The highest BCUT2D eigenvalue weighted by molar-refractivity contribution is 7.16. The van der Waals surface area contributed by atoms with Crippen LogP contribution >= 0.6 is 22.9 Å². The van der Waals surface area contributed by atoms with E-state index in [9.17, 15) is 4.79 Å². The van der Waals surface area contributed by atoms with Gasteiger partial charge in [-0.2, -0.15) is 0 Å². The molecule has 180 valence electrons. The van der Waals surface area contributed by atoms with Crippen LogP contribution in [0.2, 0.25) is 5.02 Å². The molecule has 3 heterocycles. The van der Waals surface area contributed by atoms with E-state index in [2.05, 4.69) is 29.0 Å². The first kappa shape index (κ1) is 23.6. The van der Waals surface area contributed by atoms with Crippen LogP contribution in [0.4, 0.5) is 0 Å². The minimum absolute atomic E-state index is 0.357. The fourth-order valence-electron chi connectivity index (χ4n) is 4.59. The lowest BCUT2D eigenvalue weighted by Crippen LogP contribution is -2.28. The van der Waals surface area contributed by atoms with Crippen molar-refractivity contribution in [3.05, 3.63) is 82.5 Å². The number of fused-ring (bicyclic) bond motifs is 1. The predicted molar refractivity (Wildman–Crippen MR) is 143 cm³/mol. The number of thiophene rings is 1. The van der Waals surface area contributed by atoms with E-state index in [1.807, 2.05) is 47.9 Å². The van der Waals surface area contributed by atoms with E-state index >= 15 is 0 Å². The van der Waals surface area contributed by atoms with E-state index in [0.717, 1.165) is 58.7 Å². The van der Waals surface area contributed by atoms with Gasteiger partial charge in [0.25, 0.3) is 5.91 Å². The topological polar surface area (TPSA) is 82.2 Å². The Bertz CT molecular complexity index is 1400. The van der Waals surface area contributed by atoms with Gasteiger partial charge in [-0.1, -0.05) is 42.4 Å². The third-order valence-corrected chi connectivity index (χ3v) is 8.02. The maximum atomic E-state index is 12.3. The standard InChI is InChI=1S/C27H27ClN4O2S/c1-16(18-9-11-30-12-10-18)19-7-8-22-23(13-19)32(15-31-22)25-14-24(26(35-25)27(29)33)34-17(2)20-5-3-4-6-21(20)28/h3-8,13-15,17-18,30H,1,9-12H2,2H3,(H2,29,33)/t17-/m1/s1. The largest absolute Gasteiger partial charge is 0.484 e. The van der Waals surface area contributed by atoms with Gasteiger partial charge < -0.3 is 15.8 Å². The second-order valence-electron chi connectivity index (χ2n) is 8.79. The summed E-state index contributed by atoms with van der Waals surface area (Å²) in [6, 6.07) is 15.6. The first-order chi connectivity index (χ1) is 16.9. The normalized spacial score (nSPS) is 15.3. The number of aromatic nitrogens is 2. The fraction of sp³-hybridized carbons (Fsp3) is 0.259. The number of imidazole rings is 1. The van der Waals surface area contributed by atoms with Crippen molar-refractivity contribution < 1.29 is 9.53 Å². The van der Waals surface area contributed by atoms with Gasteiger partial charge in [-0.3, -0.25) is 9.36 Å². The number of carbonyl (C=O) groups excluding carboxylic acids is 1. The summed E-state index contributed by atoms with van der Waals surface area (Å²) in [5, 5.41) is 4.82. The lowest BCUT2D eigenvalue weighted by atomic mass is 9.87. The van der Waals surface area contributed by atoms with Crippen molar-refractivity contribution in [3.63, 3.8) is 0 Å². The number of nitrogens with zero attached hydrogens (tertiary/aromatic N) is 2. The number of primary amides is 1. The fourth-order valence-corrected chi connectivity index (χ4v) is 5.80. The average molecular weight is 507 g/mol. The lowest BCUT2D eigenvalue weighted by molar-refractivity contribution is 0.0998. The molecule has 4 aromatic rings.